The molecule has 1 aromatic heterocycles. The molecule has 5 heteroatoms. The smallest absolute Gasteiger partial charge is 0.158 e. The maximum Gasteiger partial charge on any atom is 0.158 e. The Kier molecular flexibility index (Phi) is 3.09. The first kappa shape index (κ1) is 12.2. The van der Waals surface area contributed by atoms with Crippen molar-refractivity contribution in [3.63, 3.8) is 0 Å². The number of H-pyrrole nitrogens is 1. The minimum Gasteiger partial charge on any atom is -0.348 e. The summed E-state index contributed by atoms with van der Waals surface area (Å²) in [6.07, 6.45) is 2.56. The van der Waals surface area contributed by atoms with Crippen molar-refractivity contribution in [2.75, 3.05) is 31.1 Å². The zero-order valence-electron chi connectivity index (χ0n) is 11.6. The highest BCUT2D eigenvalue weighted by Crippen LogP contribution is 2.28. The summed E-state index contributed by atoms with van der Waals surface area (Å²) in [7, 11) is 0. The summed E-state index contributed by atoms with van der Waals surface area (Å²) >= 11 is 0. The molecule has 2 aliphatic rings. The summed E-state index contributed by atoms with van der Waals surface area (Å²) in [5, 5.41) is 16.2. The van der Waals surface area contributed by atoms with Gasteiger partial charge in [-0.2, -0.15) is 5.10 Å². The van der Waals surface area contributed by atoms with E-state index in [0.717, 1.165) is 37.5 Å². The SMILES string of the molecule is c1ccc2c(N3CCNC[C@H]3[C@@H]3CCCN3)n[nH]c2c1. The van der Waals surface area contributed by atoms with E-state index in [0.29, 0.717) is 12.1 Å². The Labute approximate surface area is 118 Å². The lowest BCUT2D eigenvalue weighted by Crippen LogP contribution is -2.58. The van der Waals surface area contributed by atoms with Gasteiger partial charge in [-0.25, -0.2) is 0 Å². The lowest BCUT2D eigenvalue weighted by molar-refractivity contribution is 0.391. The van der Waals surface area contributed by atoms with Crippen molar-refractivity contribution in [2.24, 2.45) is 0 Å². The normalized spacial score (nSPS) is 27.3. The third-order valence-corrected chi connectivity index (χ3v) is 4.57. The fourth-order valence-corrected chi connectivity index (χ4v) is 3.56. The molecule has 0 unspecified atom stereocenters. The number of anilines is 1. The van der Waals surface area contributed by atoms with Gasteiger partial charge in [0.1, 0.15) is 0 Å². The number of rotatable bonds is 2. The van der Waals surface area contributed by atoms with Gasteiger partial charge in [-0.05, 0) is 31.5 Å². The predicted octanol–water partition coefficient (Wildman–Crippen LogP) is 1.09. The Morgan fingerprint density at radius 2 is 2.15 bits per heavy atom. The van der Waals surface area contributed by atoms with Crippen LogP contribution in [0, 0.1) is 0 Å². The topological polar surface area (TPSA) is 56.0 Å². The van der Waals surface area contributed by atoms with Crippen molar-refractivity contribution >= 4 is 16.7 Å². The standard InChI is InChI=1S/C15H21N5/c1-2-5-12-11(4-1)15(19-18-12)20-9-8-16-10-14(20)13-6-3-7-17-13/h1-2,4-5,13-14,16-17H,3,6-10H2,(H,18,19)/t13-,14-/m0/s1. The van der Waals surface area contributed by atoms with Gasteiger partial charge in [-0.15, -0.1) is 0 Å². The number of piperazine rings is 1. The van der Waals surface area contributed by atoms with E-state index in [-0.39, 0.29) is 0 Å². The van der Waals surface area contributed by atoms with Crippen LogP contribution in [0.25, 0.3) is 10.9 Å². The first-order valence-corrected chi connectivity index (χ1v) is 7.57. The molecular weight excluding hydrogens is 250 g/mol. The van der Waals surface area contributed by atoms with E-state index >= 15 is 0 Å². The molecule has 3 heterocycles. The van der Waals surface area contributed by atoms with Crippen molar-refractivity contribution in [3.05, 3.63) is 24.3 Å². The Morgan fingerprint density at radius 3 is 3.05 bits per heavy atom. The molecule has 2 atom stereocenters. The van der Waals surface area contributed by atoms with Crippen LogP contribution < -0.4 is 15.5 Å². The zero-order valence-corrected chi connectivity index (χ0v) is 11.6. The van der Waals surface area contributed by atoms with Gasteiger partial charge in [0.05, 0.1) is 11.6 Å². The molecular formula is C15H21N5. The van der Waals surface area contributed by atoms with Crippen LogP contribution in [-0.4, -0.2) is 48.5 Å². The van der Waals surface area contributed by atoms with Gasteiger partial charge in [-0.3, -0.25) is 5.10 Å². The quantitative estimate of drug-likeness (QED) is 0.765. The number of nitrogens with zero attached hydrogens (tertiary/aromatic N) is 2. The second-order valence-electron chi connectivity index (χ2n) is 5.76. The molecule has 3 N–H and O–H groups in total. The van der Waals surface area contributed by atoms with Crippen LogP contribution in [0.2, 0.25) is 0 Å². The van der Waals surface area contributed by atoms with Crippen molar-refractivity contribution in [2.45, 2.75) is 24.9 Å². The van der Waals surface area contributed by atoms with Gasteiger partial charge in [0, 0.05) is 31.1 Å². The summed E-state index contributed by atoms with van der Waals surface area (Å²) in [4.78, 5) is 2.48. The van der Waals surface area contributed by atoms with Crippen LogP contribution in [-0.2, 0) is 0 Å². The molecule has 2 aliphatic heterocycles. The lowest BCUT2D eigenvalue weighted by Gasteiger charge is -2.40. The number of aromatic nitrogens is 2. The minimum absolute atomic E-state index is 0.498. The van der Waals surface area contributed by atoms with Crippen molar-refractivity contribution in [1.29, 1.82) is 0 Å². The van der Waals surface area contributed by atoms with Crippen LogP contribution in [0.3, 0.4) is 0 Å². The van der Waals surface area contributed by atoms with E-state index in [1.54, 1.807) is 0 Å². The molecule has 0 saturated carbocycles. The van der Waals surface area contributed by atoms with Crippen LogP contribution in [0.5, 0.6) is 0 Å². The Balaban J connectivity index is 1.70. The molecule has 0 radical (unpaired) electrons. The monoisotopic (exact) mass is 271 g/mol. The molecule has 106 valence electrons. The molecule has 0 amide bonds. The van der Waals surface area contributed by atoms with Crippen LogP contribution in [0.4, 0.5) is 5.82 Å². The summed E-state index contributed by atoms with van der Waals surface area (Å²) in [6, 6.07) is 9.48. The number of hydrogen-bond donors (Lipinski definition) is 3. The highest BCUT2D eigenvalue weighted by atomic mass is 15.3. The fraction of sp³-hybridized carbons (Fsp3) is 0.533. The Hall–Kier alpha value is -1.59. The van der Waals surface area contributed by atoms with Gasteiger partial charge in [-0.1, -0.05) is 12.1 Å². The second-order valence-corrected chi connectivity index (χ2v) is 5.76. The molecule has 4 rings (SSSR count). The van der Waals surface area contributed by atoms with Crippen LogP contribution in [0.1, 0.15) is 12.8 Å². The van der Waals surface area contributed by atoms with E-state index in [4.69, 9.17) is 0 Å². The summed E-state index contributed by atoms with van der Waals surface area (Å²) in [5.74, 6) is 1.11. The number of aromatic amines is 1. The molecule has 1 aromatic carbocycles. The van der Waals surface area contributed by atoms with E-state index in [1.807, 2.05) is 0 Å². The lowest BCUT2D eigenvalue weighted by atomic mass is 10.0. The number of para-hydroxylation sites is 1. The average molecular weight is 271 g/mol. The van der Waals surface area contributed by atoms with Crippen LogP contribution >= 0.6 is 0 Å². The highest BCUT2D eigenvalue weighted by Gasteiger charge is 2.33. The number of hydrogen-bond acceptors (Lipinski definition) is 4. The van der Waals surface area contributed by atoms with E-state index in [2.05, 4.69) is 50.0 Å². The molecule has 0 aliphatic carbocycles. The first-order valence-electron chi connectivity index (χ1n) is 7.57. The largest absolute Gasteiger partial charge is 0.348 e. The maximum atomic E-state index is 4.59. The van der Waals surface area contributed by atoms with Gasteiger partial charge in [0.15, 0.2) is 5.82 Å². The van der Waals surface area contributed by atoms with E-state index < -0.39 is 0 Å². The van der Waals surface area contributed by atoms with Crippen LogP contribution in [0.15, 0.2) is 24.3 Å². The maximum absolute atomic E-state index is 4.59. The van der Waals surface area contributed by atoms with Crippen molar-refractivity contribution < 1.29 is 0 Å². The van der Waals surface area contributed by atoms with Gasteiger partial charge < -0.3 is 15.5 Å². The number of fused-ring (bicyclic) bond motifs is 1. The third kappa shape index (κ3) is 1.98. The van der Waals surface area contributed by atoms with Gasteiger partial charge in [0.25, 0.3) is 0 Å². The van der Waals surface area contributed by atoms with E-state index in [1.165, 1.54) is 18.2 Å². The Bertz CT molecular complexity index is 587. The molecule has 20 heavy (non-hydrogen) atoms. The van der Waals surface area contributed by atoms with Crippen molar-refractivity contribution in [3.8, 4) is 0 Å². The molecule has 5 nitrogen and oxygen atoms in total. The van der Waals surface area contributed by atoms with E-state index in [9.17, 15) is 0 Å². The average Bonchev–Trinajstić information content (AvgIpc) is 3.17. The molecule has 2 aromatic rings. The first-order chi connectivity index (χ1) is 9.93. The number of nitrogens with one attached hydrogen (secondary N) is 3. The Morgan fingerprint density at radius 1 is 1.20 bits per heavy atom. The highest BCUT2D eigenvalue weighted by molar-refractivity contribution is 5.90. The molecule has 2 saturated heterocycles. The van der Waals surface area contributed by atoms with Gasteiger partial charge in [0.2, 0.25) is 0 Å². The number of benzene rings is 1. The van der Waals surface area contributed by atoms with Crippen molar-refractivity contribution in [1.82, 2.24) is 20.8 Å². The zero-order chi connectivity index (χ0) is 13.4. The fourth-order valence-electron chi connectivity index (χ4n) is 3.56. The predicted molar refractivity (Wildman–Crippen MR) is 81.1 cm³/mol. The summed E-state index contributed by atoms with van der Waals surface area (Å²) in [5.41, 5.74) is 1.12. The van der Waals surface area contributed by atoms with Gasteiger partial charge >= 0.3 is 0 Å². The molecule has 2 fully saturated rings. The minimum atomic E-state index is 0.498. The molecule has 0 bridgehead atoms. The second kappa shape index (κ2) is 5.07. The third-order valence-electron chi connectivity index (χ3n) is 4.57. The molecule has 0 spiro atoms. The summed E-state index contributed by atoms with van der Waals surface area (Å²) < 4.78 is 0. The summed E-state index contributed by atoms with van der Waals surface area (Å²) in [6.45, 7) is 4.25.